The summed E-state index contributed by atoms with van der Waals surface area (Å²) in [5, 5.41) is 0.341. The van der Waals surface area contributed by atoms with Gasteiger partial charge in [-0.15, -0.1) is 0 Å². The van der Waals surface area contributed by atoms with Gasteiger partial charge in [0.2, 0.25) is 0 Å². The van der Waals surface area contributed by atoms with Crippen LogP contribution in [0.4, 0.5) is 11.5 Å². The average molecular weight is 471 g/mol. The van der Waals surface area contributed by atoms with E-state index in [0.29, 0.717) is 9.10 Å². The number of H-pyrrole nitrogens is 1. The summed E-state index contributed by atoms with van der Waals surface area (Å²) in [4.78, 5) is 14.1. The van der Waals surface area contributed by atoms with Gasteiger partial charge >= 0.3 is 0 Å². The van der Waals surface area contributed by atoms with Crippen LogP contribution in [0.2, 0.25) is 0 Å². The molecule has 32 heavy (non-hydrogen) atoms. The molecule has 0 aliphatic rings. The predicted molar refractivity (Wildman–Crippen MR) is 121 cm³/mol. The third-order valence-electron chi connectivity index (χ3n) is 4.79. The Labute approximate surface area is 184 Å². The first-order chi connectivity index (χ1) is 15.1. The fraction of sp³-hybridized carbons (Fsp3) is 0. The van der Waals surface area contributed by atoms with E-state index in [1.165, 1.54) is 66.7 Å². The molecule has 0 fully saturated rings. The maximum atomic E-state index is 13.5. The highest BCUT2D eigenvalue weighted by molar-refractivity contribution is 8.10. The van der Waals surface area contributed by atoms with Gasteiger partial charge in [0.05, 0.1) is 21.0 Å². The van der Waals surface area contributed by atoms with Crippen molar-refractivity contribution in [3.63, 3.8) is 0 Å². The number of nitrogens with one attached hydrogen (secondary N) is 1. The summed E-state index contributed by atoms with van der Waals surface area (Å²) in [6, 6.07) is 18.4. The van der Waals surface area contributed by atoms with Crippen LogP contribution in [-0.2, 0) is 20.0 Å². The standard InChI is InChI=1S/C21H18N4O5S2/c22-20-19(21(23)26)17-12-11-14(13-18(17)24-20)25(31(27,28)15-7-3-1-4-8-15)32(29,30)16-9-5-2-6-10-16/h1-13,24H,22H2,(H2,23,26). The fourth-order valence-corrected chi connectivity index (χ4v) is 7.09. The van der Waals surface area contributed by atoms with Crippen LogP contribution < -0.4 is 15.2 Å². The summed E-state index contributed by atoms with van der Waals surface area (Å²) in [5.74, 6) is -0.778. The average Bonchev–Trinajstić information content (AvgIpc) is 3.10. The fourth-order valence-electron chi connectivity index (χ4n) is 3.37. The second-order valence-electron chi connectivity index (χ2n) is 6.84. The Bertz CT molecular complexity index is 1460. The summed E-state index contributed by atoms with van der Waals surface area (Å²) in [6.45, 7) is 0. The van der Waals surface area contributed by atoms with Crippen molar-refractivity contribution in [2.45, 2.75) is 9.79 Å². The molecule has 0 unspecified atom stereocenters. The number of sulfonamides is 2. The maximum absolute atomic E-state index is 13.5. The first-order valence-electron chi connectivity index (χ1n) is 9.25. The molecule has 1 amide bonds. The molecule has 4 aromatic rings. The molecule has 164 valence electrons. The van der Waals surface area contributed by atoms with E-state index in [1.807, 2.05) is 0 Å². The van der Waals surface area contributed by atoms with Crippen LogP contribution in [0.15, 0.2) is 88.7 Å². The van der Waals surface area contributed by atoms with E-state index >= 15 is 0 Å². The van der Waals surface area contributed by atoms with Crippen molar-refractivity contribution in [2.75, 3.05) is 9.44 Å². The first kappa shape index (κ1) is 21.4. The van der Waals surface area contributed by atoms with E-state index in [4.69, 9.17) is 11.5 Å². The highest BCUT2D eigenvalue weighted by atomic mass is 32.3. The van der Waals surface area contributed by atoms with Gasteiger partial charge in [-0.3, -0.25) is 4.79 Å². The van der Waals surface area contributed by atoms with Crippen molar-refractivity contribution in [1.82, 2.24) is 4.98 Å². The molecule has 0 atom stereocenters. The molecule has 3 aromatic carbocycles. The van der Waals surface area contributed by atoms with Gasteiger partial charge < -0.3 is 16.5 Å². The molecule has 11 heteroatoms. The second kappa shape index (κ2) is 7.70. The van der Waals surface area contributed by atoms with Crippen molar-refractivity contribution >= 4 is 48.4 Å². The predicted octanol–water partition coefficient (Wildman–Crippen LogP) is 2.43. The van der Waals surface area contributed by atoms with Crippen LogP contribution in [0.1, 0.15) is 10.4 Å². The summed E-state index contributed by atoms with van der Waals surface area (Å²) >= 11 is 0. The summed E-state index contributed by atoms with van der Waals surface area (Å²) in [7, 11) is -9.08. The van der Waals surface area contributed by atoms with Crippen molar-refractivity contribution in [3.8, 4) is 0 Å². The summed E-state index contributed by atoms with van der Waals surface area (Å²) in [5.41, 5.74) is 11.3. The maximum Gasteiger partial charge on any atom is 0.277 e. The van der Waals surface area contributed by atoms with Crippen LogP contribution in [0.3, 0.4) is 0 Å². The van der Waals surface area contributed by atoms with E-state index < -0.39 is 26.0 Å². The second-order valence-corrected chi connectivity index (χ2v) is 10.6. The summed E-state index contributed by atoms with van der Waals surface area (Å²) < 4.78 is 54.4. The molecule has 0 spiro atoms. The molecule has 0 aliphatic carbocycles. The van der Waals surface area contributed by atoms with Crippen molar-refractivity contribution in [3.05, 3.63) is 84.4 Å². The number of aromatic nitrogens is 1. The lowest BCUT2D eigenvalue weighted by Crippen LogP contribution is -2.37. The number of carbonyl (C=O) groups excluding carboxylic acids is 1. The molecule has 0 saturated carbocycles. The minimum atomic E-state index is -4.54. The number of hydrogen-bond donors (Lipinski definition) is 3. The normalized spacial score (nSPS) is 12.0. The lowest BCUT2D eigenvalue weighted by Gasteiger charge is -2.24. The number of fused-ring (bicyclic) bond motifs is 1. The number of nitrogens with two attached hydrogens (primary N) is 2. The third kappa shape index (κ3) is 3.47. The molecule has 0 bridgehead atoms. The topological polar surface area (TPSA) is 156 Å². The number of aromatic amines is 1. The molecule has 4 rings (SSSR count). The van der Waals surface area contributed by atoms with Crippen LogP contribution in [0.25, 0.3) is 10.9 Å². The highest BCUT2D eigenvalue weighted by Crippen LogP contribution is 2.34. The quantitative estimate of drug-likeness (QED) is 0.393. The number of nitrogens with zero attached hydrogens (tertiary/aromatic N) is 1. The van der Waals surface area contributed by atoms with E-state index in [9.17, 15) is 21.6 Å². The first-order valence-corrected chi connectivity index (χ1v) is 12.1. The highest BCUT2D eigenvalue weighted by Gasteiger charge is 2.37. The van der Waals surface area contributed by atoms with Gasteiger partial charge in [-0.1, -0.05) is 36.4 Å². The molecule has 0 saturated heterocycles. The lowest BCUT2D eigenvalue weighted by molar-refractivity contribution is 0.100. The Morgan fingerprint density at radius 2 is 1.28 bits per heavy atom. The monoisotopic (exact) mass is 470 g/mol. The van der Waals surface area contributed by atoms with Gasteiger partial charge in [0.1, 0.15) is 5.82 Å². The van der Waals surface area contributed by atoms with Gasteiger partial charge in [-0.2, -0.15) is 3.71 Å². The Morgan fingerprint density at radius 1 is 0.781 bits per heavy atom. The minimum absolute atomic E-state index is 0.00645. The van der Waals surface area contributed by atoms with E-state index in [1.54, 1.807) is 12.1 Å². The number of anilines is 2. The van der Waals surface area contributed by atoms with E-state index in [2.05, 4.69) is 4.98 Å². The molecule has 0 aliphatic heterocycles. The lowest BCUT2D eigenvalue weighted by atomic mass is 10.1. The largest absolute Gasteiger partial charge is 0.385 e. The van der Waals surface area contributed by atoms with E-state index in [-0.39, 0.29) is 32.4 Å². The number of carbonyl (C=O) groups is 1. The number of amides is 1. The Kier molecular flexibility index (Phi) is 5.15. The third-order valence-corrected chi connectivity index (χ3v) is 9.00. The van der Waals surface area contributed by atoms with Crippen LogP contribution in [0.5, 0.6) is 0 Å². The molecular weight excluding hydrogens is 452 g/mol. The zero-order chi connectivity index (χ0) is 23.1. The Balaban J connectivity index is 2.00. The molecular formula is C21H18N4O5S2. The van der Waals surface area contributed by atoms with Crippen molar-refractivity contribution in [2.24, 2.45) is 5.73 Å². The zero-order valence-corrected chi connectivity index (χ0v) is 18.1. The van der Waals surface area contributed by atoms with Crippen molar-refractivity contribution < 1.29 is 21.6 Å². The van der Waals surface area contributed by atoms with E-state index in [0.717, 1.165) is 0 Å². The molecule has 0 radical (unpaired) electrons. The molecule has 9 nitrogen and oxygen atoms in total. The Morgan fingerprint density at radius 3 is 1.75 bits per heavy atom. The van der Waals surface area contributed by atoms with Crippen molar-refractivity contribution in [1.29, 1.82) is 0 Å². The molecule has 5 N–H and O–H groups in total. The van der Waals surface area contributed by atoms with Crippen LogP contribution in [-0.4, -0.2) is 27.7 Å². The molecule has 1 aromatic heterocycles. The number of rotatable bonds is 6. The van der Waals surface area contributed by atoms with Crippen LogP contribution in [0, 0.1) is 0 Å². The van der Waals surface area contributed by atoms with Crippen LogP contribution >= 0.6 is 0 Å². The number of nitrogen functional groups attached to an aromatic ring is 1. The van der Waals surface area contributed by atoms with Gasteiger partial charge in [-0.25, -0.2) is 16.8 Å². The number of hydrogen-bond acceptors (Lipinski definition) is 6. The zero-order valence-electron chi connectivity index (χ0n) is 16.5. The van der Waals surface area contributed by atoms with Gasteiger partial charge in [-0.05, 0) is 42.5 Å². The van der Waals surface area contributed by atoms with Gasteiger partial charge in [0.15, 0.2) is 0 Å². The van der Waals surface area contributed by atoms with Gasteiger partial charge in [0.25, 0.3) is 26.0 Å². The SMILES string of the molecule is NC(=O)c1c(N)[nH]c2cc(N(S(=O)(=O)c3ccccc3)S(=O)(=O)c3ccccc3)ccc12. The Hall–Kier alpha value is -3.83. The van der Waals surface area contributed by atoms with Gasteiger partial charge in [0, 0.05) is 10.9 Å². The minimum Gasteiger partial charge on any atom is -0.385 e. The number of primary amides is 1. The molecule has 1 heterocycles. The number of benzene rings is 3. The summed E-state index contributed by atoms with van der Waals surface area (Å²) in [6.07, 6.45) is 0. The smallest absolute Gasteiger partial charge is 0.277 e.